The molecule has 0 spiro atoms. The largest absolute Gasteiger partial charge is 0.305 e. The molecule has 2 aromatic rings. The molecular weight excluding hydrogens is 281 g/mol. The lowest BCUT2D eigenvalue weighted by Crippen LogP contribution is -2.19. The van der Waals surface area contributed by atoms with Gasteiger partial charge >= 0.3 is 0 Å². The van der Waals surface area contributed by atoms with Crippen LogP contribution in [-0.2, 0) is 6.54 Å². The maximum Gasteiger partial charge on any atom is 0.125 e. The van der Waals surface area contributed by atoms with E-state index in [1.54, 1.807) is 12.3 Å². The topological polar surface area (TPSA) is 37.8 Å². The second-order valence-electron chi connectivity index (χ2n) is 4.36. The number of nitrogens with zero attached hydrogens (tertiary/aromatic N) is 2. The van der Waals surface area contributed by atoms with Crippen LogP contribution in [0.5, 0.6) is 0 Å². The zero-order valence-electron chi connectivity index (χ0n) is 10.8. The van der Waals surface area contributed by atoms with Crippen molar-refractivity contribution in [1.29, 1.82) is 0 Å². The van der Waals surface area contributed by atoms with Crippen LogP contribution in [0, 0.1) is 6.92 Å². The molecule has 1 aromatic carbocycles. The van der Waals surface area contributed by atoms with Gasteiger partial charge in [0.15, 0.2) is 0 Å². The third kappa shape index (κ3) is 3.90. The molecule has 0 bridgehead atoms. The third-order valence-corrected chi connectivity index (χ3v) is 3.41. The monoisotopic (exact) mass is 295 g/mol. The molecule has 19 heavy (non-hydrogen) atoms. The average molecular weight is 296 g/mol. The van der Waals surface area contributed by atoms with Crippen LogP contribution in [0.15, 0.2) is 30.5 Å². The summed E-state index contributed by atoms with van der Waals surface area (Å²) in [6.45, 7) is 4.61. The van der Waals surface area contributed by atoms with Crippen LogP contribution >= 0.6 is 23.2 Å². The number of benzene rings is 1. The standard InChI is InChI=1S/C14H15Cl2N3/c1-9(13-4-3-11(15)7-14(13)16)18-8-12-5-6-17-10(2)19-12/h3-7,9,18H,8H2,1-2H3. The number of hydrogen-bond donors (Lipinski definition) is 1. The Balaban J connectivity index is 2.03. The Morgan fingerprint density at radius 2 is 2.05 bits per heavy atom. The number of halogens is 2. The first-order valence-electron chi connectivity index (χ1n) is 6.03. The van der Waals surface area contributed by atoms with Crippen molar-refractivity contribution in [3.63, 3.8) is 0 Å². The van der Waals surface area contributed by atoms with E-state index in [1.165, 1.54) is 0 Å². The maximum absolute atomic E-state index is 6.18. The van der Waals surface area contributed by atoms with E-state index in [0.29, 0.717) is 16.6 Å². The van der Waals surface area contributed by atoms with Gasteiger partial charge in [-0.25, -0.2) is 9.97 Å². The van der Waals surface area contributed by atoms with Crippen molar-refractivity contribution in [3.05, 3.63) is 57.6 Å². The number of rotatable bonds is 4. The van der Waals surface area contributed by atoms with Crippen molar-refractivity contribution < 1.29 is 0 Å². The molecule has 0 fully saturated rings. The molecule has 0 aliphatic carbocycles. The molecule has 100 valence electrons. The third-order valence-electron chi connectivity index (χ3n) is 2.85. The van der Waals surface area contributed by atoms with Crippen LogP contribution in [-0.4, -0.2) is 9.97 Å². The quantitative estimate of drug-likeness (QED) is 0.928. The molecule has 0 aliphatic heterocycles. The number of nitrogens with one attached hydrogen (secondary N) is 1. The Bertz CT molecular complexity index is 572. The van der Waals surface area contributed by atoms with Gasteiger partial charge in [0.2, 0.25) is 0 Å². The highest BCUT2D eigenvalue weighted by Gasteiger charge is 2.09. The van der Waals surface area contributed by atoms with Crippen LogP contribution in [0.2, 0.25) is 10.0 Å². The lowest BCUT2D eigenvalue weighted by atomic mass is 10.1. The van der Waals surface area contributed by atoms with Gasteiger partial charge in [0, 0.05) is 28.8 Å². The Kier molecular flexibility index (Phi) is 4.75. The zero-order chi connectivity index (χ0) is 13.8. The van der Waals surface area contributed by atoms with Crippen LogP contribution in [0.3, 0.4) is 0 Å². The zero-order valence-corrected chi connectivity index (χ0v) is 12.3. The van der Waals surface area contributed by atoms with E-state index in [-0.39, 0.29) is 6.04 Å². The summed E-state index contributed by atoms with van der Waals surface area (Å²) in [5, 5.41) is 4.70. The smallest absolute Gasteiger partial charge is 0.125 e. The van der Waals surface area contributed by atoms with Gasteiger partial charge in [-0.05, 0) is 37.6 Å². The Hall–Kier alpha value is -1.16. The molecule has 0 radical (unpaired) electrons. The van der Waals surface area contributed by atoms with Crippen LogP contribution in [0.1, 0.15) is 30.0 Å². The highest BCUT2D eigenvalue weighted by molar-refractivity contribution is 6.35. The molecule has 5 heteroatoms. The average Bonchev–Trinajstić information content (AvgIpc) is 2.36. The van der Waals surface area contributed by atoms with Gasteiger partial charge in [-0.2, -0.15) is 0 Å². The van der Waals surface area contributed by atoms with E-state index in [1.807, 2.05) is 25.1 Å². The van der Waals surface area contributed by atoms with Crippen LogP contribution < -0.4 is 5.32 Å². The Morgan fingerprint density at radius 1 is 1.26 bits per heavy atom. The summed E-state index contributed by atoms with van der Waals surface area (Å²) in [6.07, 6.45) is 1.76. The summed E-state index contributed by atoms with van der Waals surface area (Å²) < 4.78 is 0. The summed E-state index contributed by atoms with van der Waals surface area (Å²) in [5.74, 6) is 0.775. The molecule has 3 nitrogen and oxygen atoms in total. The molecular formula is C14H15Cl2N3. The van der Waals surface area contributed by atoms with Crippen molar-refractivity contribution >= 4 is 23.2 Å². The van der Waals surface area contributed by atoms with Crippen molar-refractivity contribution in [2.24, 2.45) is 0 Å². The van der Waals surface area contributed by atoms with Crippen molar-refractivity contribution in [2.75, 3.05) is 0 Å². The minimum absolute atomic E-state index is 0.125. The van der Waals surface area contributed by atoms with Gasteiger partial charge in [0.1, 0.15) is 5.82 Å². The first-order chi connectivity index (χ1) is 9.06. The summed E-state index contributed by atoms with van der Waals surface area (Å²) >= 11 is 12.1. The molecule has 1 atom stereocenters. The highest BCUT2D eigenvalue weighted by atomic mass is 35.5. The fourth-order valence-electron chi connectivity index (χ4n) is 1.82. The molecule has 2 rings (SSSR count). The van der Waals surface area contributed by atoms with E-state index in [9.17, 15) is 0 Å². The molecule has 0 aliphatic rings. The fourth-order valence-corrected chi connectivity index (χ4v) is 2.40. The normalized spacial score (nSPS) is 12.4. The second kappa shape index (κ2) is 6.33. The summed E-state index contributed by atoms with van der Waals surface area (Å²) in [5.41, 5.74) is 1.99. The van der Waals surface area contributed by atoms with E-state index >= 15 is 0 Å². The minimum Gasteiger partial charge on any atom is -0.305 e. The summed E-state index contributed by atoms with van der Waals surface area (Å²) in [4.78, 5) is 8.42. The summed E-state index contributed by atoms with van der Waals surface area (Å²) in [6, 6.07) is 7.56. The van der Waals surface area contributed by atoms with Gasteiger partial charge in [-0.3, -0.25) is 0 Å². The van der Waals surface area contributed by atoms with Crippen molar-refractivity contribution in [3.8, 4) is 0 Å². The highest BCUT2D eigenvalue weighted by Crippen LogP contribution is 2.26. The van der Waals surface area contributed by atoms with Crippen molar-refractivity contribution in [2.45, 2.75) is 26.4 Å². The molecule has 1 aromatic heterocycles. The molecule has 0 amide bonds. The molecule has 1 N–H and O–H groups in total. The minimum atomic E-state index is 0.125. The summed E-state index contributed by atoms with van der Waals surface area (Å²) in [7, 11) is 0. The lowest BCUT2D eigenvalue weighted by Gasteiger charge is -2.15. The molecule has 1 unspecified atom stereocenters. The Morgan fingerprint density at radius 3 is 2.74 bits per heavy atom. The number of aromatic nitrogens is 2. The number of aryl methyl sites for hydroxylation is 1. The predicted molar refractivity (Wildman–Crippen MR) is 78.5 cm³/mol. The maximum atomic E-state index is 6.18. The van der Waals surface area contributed by atoms with Gasteiger partial charge in [-0.1, -0.05) is 29.3 Å². The number of hydrogen-bond acceptors (Lipinski definition) is 3. The second-order valence-corrected chi connectivity index (χ2v) is 5.21. The van der Waals surface area contributed by atoms with E-state index in [4.69, 9.17) is 23.2 Å². The van der Waals surface area contributed by atoms with E-state index in [0.717, 1.165) is 17.1 Å². The van der Waals surface area contributed by atoms with E-state index < -0.39 is 0 Å². The first-order valence-corrected chi connectivity index (χ1v) is 6.78. The van der Waals surface area contributed by atoms with Gasteiger partial charge < -0.3 is 5.32 Å². The fraction of sp³-hybridized carbons (Fsp3) is 0.286. The molecule has 0 saturated heterocycles. The SMILES string of the molecule is Cc1nccc(CNC(C)c2ccc(Cl)cc2Cl)n1. The molecule has 0 saturated carbocycles. The molecule has 1 heterocycles. The Labute approximate surface area is 123 Å². The van der Waals surface area contributed by atoms with Gasteiger partial charge in [0.05, 0.1) is 5.69 Å². The van der Waals surface area contributed by atoms with Gasteiger partial charge in [0.25, 0.3) is 0 Å². The van der Waals surface area contributed by atoms with Crippen LogP contribution in [0.25, 0.3) is 0 Å². The van der Waals surface area contributed by atoms with E-state index in [2.05, 4.69) is 22.2 Å². The predicted octanol–water partition coefficient (Wildman–Crippen LogP) is 3.94. The first kappa shape index (κ1) is 14.3. The van der Waals surface area contributed by atoms with Gasteiger partial charge in [-0.15, -0.1) is 0 Å². The van der Waals surface area contributed by atoms with Crippen LogP contribution in [0.4, 0.5) is 0 Å². The lowest BCUT2D eigenvalue weighted by molar-refractivity contribution is 0.566. The van der Waals surface area contributed by atoms with Crippen molar-refractivity contribution in [1.82, 2.24) is 15.3 Å².